The molecule has 0 aliphatic rings. The molecular formula is C19H21N3O3S. The van der Waals surface area contributed by atoms with Crippen molar-refractivity contribution < 1.29 is 9.53 Å². The van der Waals surface area contributed by atoms with Crippen molar-refractivity contribution >= 4 is 33.1 Å². The molecular weight excluding hydrogens is 350 g/mol. The van der Waals surface area contributed by atoms with Gasteiger partial charge in [0.1, 0.15) is 10.7 Å². The summed E-state index contributed by atoms with van der Waals surface area (Å²) in [5, 5.41) is 3.43. The van der Waals surface area contributed by atoms with Gasteiger partial charge in [-0.3, -0.25) is 14.2 Å². The van der Waals surface area contributed by atoms with Crippen LogP contribution in [0.25, 0.3) is 10.2 Å². The van der Waals surface area contributed by atoms with Crippen molar-refractivity contribution in [1.82, 2.24) is 9.55 Å². The summed E-state index contributed by atoms with van der Waals surface area (Å²) in [5.41, 5.74) is 2.28. The Labute approximate surface area is 155 Å². The minimum Gasteiger partial charge on any atom is -0.383 e. The molecule has 0 fully saturated rings. The summed E-state index contributed by atoms with van der Waals surface area (Å²) in [6.45, 7) is 6.39. The average Bonchev–Trinajstić information content (AvgIpc) is 2.93. The van der Waals surface area contributed by atoms with Gasteiger partial charge >= 0.3 is 0 Å². The molecule has 1 N–H and O–H groups in total. The largest absolute Gasteiger partial charge is 0.383 e. The molecule has 0 bridgehead atoms. The standard InChI is InChI=1S/C19H21N3O3S/c1-11-7-5-6-8-14(11)21-17(23)16-12(2)15-18(26-16)20-13(3)22(19(15)24)9-10-25-4/h5-8H,9-10H2,1-4H3,(H,21,23). The number of anilines is 1. The Morgan fingerprint density at radius 1 is 1.27 bits per heavy atom. The number of amides is 1. The topological polar surface area (TPSA) is 73.2 Å². The van der Waals surface area contributed by atoms with E-state index in [1.165, 1.54) is 11.3 Å². The number of benzene rings is 1. The maximum atomic E-state index is 12.9. The van der Waals surface area contributed by atoms with Gasteiger partial charge in [0.15, 0.2) is 0 Å². The maximum Gasteiger partial charge on any atom is 0.266 e. The van der Waals surface area contributed by atoms with Crippen LogP contribution >= 0.6 is 11.3 Å². The van der Waals surface area contributed by atoms with E-state index in [4.69, 9.17) is 4.74 Å². The zero-order valence-corrected chi connectivity index (χ0v) is 16.1. The van der Waals surface area contributed by atoms with Gasteiger partial charge < -0.3 is 10.1 Å². The molecule has 1 amide bonds. The van der Waals surface area contributed by atoms with Crippen molar-refractivity contribution in [2.45, 2.75) is 27.3 Å². The second-order valence-electron chi connectivity index (χ2n) is 6.11. The Kier molecular flexibility index (Phi) is 5.20. The molecule has 0 spiro atoms. The number of fused-ring (bicyclic) bond motifs is 1. The Bertz CT molecular complexity index is 1040. The van der Waals surface area contributed by atoms with Crippen molar-refractivity contribution in [3.05, 3.63) is 56.4 Å². The third-order valence-electron chi connectivity index (χ3n) is 4.36. The maximum absolute atomic E-state index is 12.9. The van der Waals surface area contributed by atoms with E-state index in [0.717, 1.165) is 11.3 Å². The quantitative estimate of drug-likeness (QED) is 0.747. The van der Waals surface area contributed by atoms with Gasteiger partial charge in [-0.2, -0.15) is 0 Å². The van der Waals surface area contributed by atoms with Crippen molar-refractivity contribution in [3.8, 4) is 0 Å². The number of rotatable bonds is 5. The molecule has 136 valence electrons. The first kappa shape index (κ1) is 18.3. The molecule has 0 aliphatic heterocycles. The summed E-state index contributed by atoms with van der Waals surface area (Å²) in [6.07, 6.45) is 0. The predicted octanol–water partition coefficient (Wildman–Crippen LogP) is 3.28. The summed E-state index contributed by atoms with van der Waals surface area (Å²) in [4.78, 5) is 31.2. The van der Waals surface area contributed by atoms with Crippen LogP contribution in [0.15, 0.2) is 29.1 Å². The van der Waals surface area contributed by atoms with Crippen molar-refractivity contribution in [1.29, 1.82) is 0 Å². The molecule has 2 aromatic heterocycles. The molecule has 2 heterocycles. The Hall–Kier alpha value is -2.51. The summed E-state index contributed by atoms with van der Waals surface area (Å²) >= 11 is 1.25. The van der Waals surface area contributed by atoms with Crippen LogP contribution in [0.1, 0.15) is 26.6 Å². The van der Waals surface area contributed by atoms with Gasteiger partial charge in [-0.1, -0.05) is 18.2 Å². The second kappa shape index (κ2) is 7.39. The zero-order valence-electron chi connectivity index (χ0n) is 15.3. The third kappa shape index (κ3) is 3.27. The van der Waals surface area contributed by atoms with Crippen molar-refractivity contribution in [2.24, 2.45) is 0 Å². The molecule has 3 rings (SSSR count). The lowest BCUT2D eigenvalue weighted by Gasteiger charge is -2.08. The first-order valence-corrected chi connectivity index (χ1v) is 9.12. The van der Waals surface area contributed by atoms with Crippen LogP contribution < -0.4 is 10.9 Å². The Morgan fingerprint density at radius 3 is 2.69 bits per heavy atom. The van der Waals surface area contributed by atoms with Gasteiger partial charge in [0.05, 0.1) is 23.4 Å². The number of hydrogen-bond acceptors (Lipinski definition) is 5. The molecule has 0 unspecified atom stereocenters. The van der Waals surface area contributed by atoms with Crippen LogP contribution in [-0.4, -0.2) is 29.2 Å². The number of ether oxygens (including phenoxy) is 1. The zero-order chi connectivity index (χ0) is 18.8. The number of aromatic nitrogens is 2. The van der Waals surface area contributed by atoms with Gasteiger partial charge in [-0.15, -0.1) is 11.3 Å². The monoisotopic (exact) mass is 371 g/mol. The van der Waals surface area contributed by atoms with Crippen LogP contribution in [0, 0.1) is 20.8 Å². The van der Waals surface area contributed by atoms with Gasteiger partial charge in [0.2, 0.25) is 0 Å². The molecule has 6 nitrogen and oxygen atoms in total. The van der Waals surface area contributed by atoms with E-state index >= 15 is 0 Å². The molecule has 3 aromatic rings. The highest BCUT2D eigenvalue weighted by Gasteiger charge is 2.21. The highest BCUT2D eigenvalue weighted by molar-refractivity contribution is 7.20. The number of hydrogen-bond donors (Lipinski definition) is 1. The molecule has 0 saturated heterocycles. The van der Waals surface area contributed by atoms with E-state index in [1.807, 2.05) is 31.2 Å². The van der Waals surface area contributed by atoms with Crippen LogP contribution in [-0.2, 0) is 11.3 Å². The number of methoxy groups -OCH3 is 1. The fourth-order valence-electron chi connectivity index (χ4n) is 2.87. The van der Waals surface area contributed by atoms with E-state index in [9.17, 15) is 9.59 Å². The van der Waals surface area contributed by atoms with Gasteiger partial charge in [0, 0.05) is 12.8 Å². The number of carbonyl (C=O) groups is 1. The van der Waals surface area contributed by atoms with E-state index < -0.39 is 0 Å². The first-order chi connectivity index (χ1) is 12.4. The summed E-state index contributed by atoms with van der Waals surface area (Å²) in [6, 6.07) is 7.59. The van der Waals surface area contributed by atoms with Crippen LogP contribution in [0.4, 0.5) is 5.69 Å². The number of nitrogens with one attached hydrogen (secondary N) is 1. The molecule has 0 aliphatic carbocycles. The molecule has 0 radical (unpaired) electrons. The second-order valence-corrected chi connectivity index (χ2v) is 7.11. The SMILES string of the molecule is COCCn1c(C)nc2sc(C(=O)Nc3ccccc3C)c(C)c2c1=O. The predicted molar refractivity (Wildman–Crippen MR) is 104 cm³/mol. The Morgan fingerprint density at radius 2 is 2.00 bits per heavy atom. The van der Waals surface area contributed by atoms with Crippen LogP contribution in [0.3, 0.4) is 0 Å². The highest BCUT2D eigenvalue weighted by Crippen LogP contribution is 2.28. The normalized spacial score (nSPS) is 11.1. The number of carbonyl (C=O) groups excluding carboxylic acids is 1. The third-order valence-corrected chi connectivity index (χ3v) is 5.54. The molecule has 26 heavy (non-hydrogen) atoms. The lowest BCUT2D eigenvalue weighted by atomic mass is 10.1. The van der Waals surface area contributed by atoms with Crippen molar-refractivity contribution in [3.63, 3.8) is 0 Å². The fraction of sp³-hybridized carbons (Fsp3) is 0.316. The summed E-state index contributed by atoms with van der Waals surface area (Å²) in [5.74, 6) is 0.395. The summed E-state index contributed by atoms with van der Waals surface area (Å²) < 4.78 is 6.66. The Balaban J connectivity index is 2.04. The van der Waals surface area contributed by atoms with E-state index in [-0.39, 0.29) is 11.5 Å². The van der Waals surface area contributed by atoms with E-state index in [2.05, 4.69) is 10.3 Å². The molecule has 7 heteroatoms. The van der Waals surface area contributed by atoms with Crippen LogP contribution in [0.5, 0.6) is 0 Å². The fourth-order valence-corrected chi connectivity index (χ4v) is 3.99. The van der Waals surface area contributed by atoms with Gasteiger partial charge in [-0.05, 0) is 38.0 Å². The molecule has 0 atom stereocenters. The van der Waals surface area contributed by atoms with E-state index in [1.54, 1.807) is 25.5 Å². The number of para-hydroxylation sites is 1. The van der Waals surface area contributed by atoms with Crippen LogP contribution in [0.2, 0.25) is 0 Å². The number of aryl methyl sites for hydroxylation is 3. The highest BCUT2D eigenvalue weighted by atomic mass is 32.1. The molecule has 0 saturated carbocycles. The van der Waals surface area contributed by atoms with Gasteiger partial charge in [-0.25, -0.2) is 4.98 Å². The van der Waals surface area contributed by atoms with Gasteiger partial charge in [0.25, 0.3) is 11.5 Å². The van der Waals surface area contributed by atoms with E-state index in [0.29, 0.717) is 39.6 Å². The van der Waals surface area contributed by atoms with Crippen molar-refractivity contribution in [2.75, 3.05) is 19.0 Å². The number of thiophene rings is 1. The minimum atomic E-state index is -0.222. The number of nitrogens with zero attached hydrogens (tertiary/aromatic N) is 2. The smallest absolute Gasteiger partial charge is 0.266 e. The lowest BCUT2D eigenvalue weighted by molar-refractivity contribution is 0.103. The average molecular weight is 371 g/mol. The first-order valence-electron chi connectivity index (χ1n) is 8.30. The molecule has 1 aromatic carbocycles. The minimum absolute atomic E-state index is 0.131. The lowest BCUT2D eigenvalue weighted by Crippen LogP contribution is -2.25. The summed E-state index contributed by atoms with van der Waals surface area (Å²) in [7, 11) is 1.59.